The van der Waals surface area contributed by atoms with Crippen LogP contribution in [0.25, 0.3) is 22.0 Å². The predicted octanol–water partition coefficient (Wildman–Crippen LogP) is 4.80. The summed E-state index contributed by atoms with van der Waals surface area (Å²) >= 11 is 0. The first-order valence-electron chi connectivity index (χ1n) is 14.6. The molecule has 4 aromatic carbocycles. The first-order chi connectivity index (χ1) is 21.3. The Morgan fingerprint density at radius 3 is 2.27 bits per heavy atom. The largest absolute Gasteiger partial charge is 1.00 e. The fourth-order valence-electron chi connectivity index (χ4n) is 6.20. The number of hydrogen-bond acceptors (Lipinski definition) is 4. The quantitative estimate of drug-likeness (QED) is 0.191. The van der Waals surface area contributed by atoms with Gasteiger partial charge in [-0.05, 0) is 64.6 Å². The number of nitrogens with zero attached hydrogens (tertiary/aromatic N) is 1. The normalized spacial score (nSPS) is 13.0. The van der Waals surface area contributed by atoms with Gasteiger partial charge in [0.05, 0.1) is 18.1 Å². The summed E-state index contributed by atoms with van der Waals surface area (Å²) < 4.78 is 67.1. The van der Waals surface area contributed by atoms with Gasteiger partial charge in [-0.1, -0.05) is 38.1 Å². The van der Waals surface area contributed by atoms with Gasteiger partial charge in [0, 0.05) is 23.8 Å². The highest BCUT2D eigenvalue weighted by Crippen LogP contribution is 2.44. The molecule has 0 saturated carbocycles. The number of fused-ring (bicyclic) bond motifs is 5. The minimum absolute atomic E-state index is 0. The topological polar surface area (TPSA) is 40.8 Å². The Morgan fingerprint density at radius 2 is 1.58 bits per heavy atom. The summed E-state index contributed by atoms with van der Waals surface area (Å²) in [7, 11) is 1.55. The number of methoxy groups -OCH3 is 1. The van der Waals surface area contributed by atoms with Crippen LogP contribution in [-0.2, 0) is 26.0 Å². The van der Waals surface area contributed by atoms with Gasteiger partial charge in [0.2, 0.25) is 12.5 Å². The van der Waals surface area contributed by atoms with E-state index < -0.39 is 17.5 Å². The molecule has 7 rings (SSSR count). The summed E-state index contributed by atoms with van der Waals surface area (Å²) in [6.07, 6.45) is 3.50. The summed E-state index contributed by atoms with van der Waals surface area (Å²) in [4.78, 5) is 0. The lowest BCUT2D eigenvalue weighted by molar-refractivity contribution is -0.686. The molecule has 0 radical (unpaired) electrons. The van der Waals surface area contributed by atoms with Crippen molar-refractivity contribution >= 4 is 10.8 Å². The van der Waals surface area contributed by atoms with E-state index in [2.05, 4.69) is 54.8 Å². The molecule has 0 bridgehead atoms. The molecule has 1 aromatic heterocycles. The van der Waals surface area contributed by atoms with Crippen LogP contribution in [0.1, 0.15) is 47.6 Å². The second kappa shape index (κ2) is 12.2. The number of benzene rings is 4. The Morgan fingerprint density at radius 1 is 0.867 bits per heavy atom. The van der Waals surface area contributed by atoms with E-state index >= 15 is 0 Å². The van der Waals surface area contributed by atoms with Crippen LogP contribution in [0.3, 0.4) is 0 Å². The van der Waals surface area contributed by atoms with Crippen LogP contribution in [-0.4, -0.2) is 13.9 Å². The molecule has 3 heterocycles. The van der Waals surface area contributed by atoms with Gasteiger partial charge in [-0.3, -0.25) is 0 Å². The molecule has 0 spiro atoms. The van der Waals surface area contributed by atoms with Gasteiger partial charge in [0.1, 0.15) is 6.61 Å². The van der Waals surface area contributed by atoms with Gasteiger partial charge in [-0.15, -0.1) is 0 Å². The summed E-state index contributed by atoms with van der Waals surface area (Å²) in [5.41, 5.74) is 7.07. The minimum atomic E-state index is -1.51. The third-order valence-corrected chi connectivity index (χ3v) is 8.49. The molecule has 0 unspecified atom stereocenters. The van der Waals surface area contributed by atoms with Gasteiger partial charge in [-0.25, -0.2) is 13.2 Å². The molecular formula is C36H31ClF3NO4. The monoisotopic (exact) mass is 633 g/mol. The van der Waals surface area contributed by atoms with Crippen molar-refractivity contribution in [3.05, 3.63) is 112 Å². The van der Waals surface area contributed by atoms with E-state index in [1.807, 2.05) is 18.3 Å². The van der Waals surface area contributed by atoms with Crippen molar-refractivity contribution in [2.45, 2.75) is 45.8 Å². The highest BCUT2D eigenvalue weighted by atomic mass is 35.5. The Hall–Kier alpha value is -4.43. The van der Waals surface area contributed by atoms with Gasteiger partial charge in [-0.2, -0.15) is 4.57 Å². The van der Waals surface area contributed by atoms with Crippen molar-refractivity contribution in [1.82, 2.24) is 0 Å². The molecule has 0 aliphatic carbocycles. The number of halogens is 4. The molecule has 5 nitrogen and oxygen atoms in total. The zero-order valence-corrected chi connectivity index (χ0v) is 25.8. The molecule has 2 aliphatic rings. The van der Waals surface area contributed by atoms with E-state index in [1.54, 1.807) is 7.11 Å². The Kier molecular flexibility index (Phi) is 8.27. The second-order valence-electron chi connectivity index (χ2n) is 11.6. The standard InChI is InChI=1S/C36H31F3NO4.ClH/c1-20(2)23-6-4-21(5-7-23)12-27-25-8-9-31(41-3)36(42-18-22-13-29(37)34(39)30(38)14-22)28(25)17-40-11-10-24-15-32-33(44-19-43-32)16-26(24)35(27)40;/h4-9,13-17,20H,10-12,18-19H2,1-3H3;1H/q+1;/p-1. The smallest absolute Gasteiger partial charge is 0.231 e. The number of rotatable bonds is 7. The van der Waals surface area contributed by atoms with Gasteiger partial charge >= 0.3 is 0 Å². The lowest BCUT2D eigenvalue weighted by atomic mass is 9.88. The molecule has 0 N–H and O–H groups in total. The first kappa shape index (κ1) is 30.6. The average molecular weight is 634 g/mol. The van der Waals surface area contributed by atoms with Crippen molar-refractivity contribution in [1.29, 1.82) is 0 Å². The van der Waals surface area contributed by atoms with Crippen LogP contribution in [0, 0.1) is 17.5 Å². The maximum absolute atomic E-state index is 14.0. The van der Waals surface area contributed by atoms with Gasteiger partial charge in [0.15, 0.2) is 53.2 Å². The average Bonchev–Trinajstić information content (AvgIpc) is 3.48. The summed E-state index contributed by atoms with van der Waals surface area (Å²) in [5, 5.41) is 1.76. The molecule has 0 amide bonds. The molecule has 0 fully saturated rings. The van der Waals surface area contributed by atoms with Gasteiger partial charge in [0.25, 0.3) is 0 Å². The summed E-state index contributed by atoms with van der Waals surface area (Å²) in [6.45, 7) is 5.11. The van der Waals surface area contributed by atoms with Crippen molar-refractivity contribution in [2.75, 3.05) is 13.9 Å². The zero-order valence-electron chi connectivity index (χ0n) is 25.1. The number of aromatic nitrogens is 1. The minimum Gasteiger partial charge on any atom is -1.00 e. The Balaban J connectivity index is 0.00000357. The van der Waals surface area contributed by atoms with Crippen LogP contribution in [0.4, 0.5) is 13.2 Å². The van der Waals surface area contributed by atoms with E-state index in [0.29, 0.717) is 23.8 Å². The van der Waals surface area contributed by atoms with E-state index in [9.17, 15) is 13.2 Å². The molecule has 9 heteroatoms. The van der Waals surface area contributed by atoms with Crippen LogP contribution >= 0.6 is 0 Å². The maximum atomic E-state index is 14.0. The predicted molar refractivity (Wildman–Crippen MR) is 160 cm³/mol. The number of pyridine rings is 1. The number of hydrogen-bond donors (Lipinski definition) is 0. The number of ether oxygens (including phenoxy) is 4. The Labute approximate surface area is 265 Å². The lowest BCUT2D eigenvalue weighted by Gasteiger charge is -2.21. The van der Waals surface area contributed by atoms with E-state index in [-0.39, 0.29) is 31.4 Å². The number of aryl methyl sites for hydroxylation is 2. The highest BCUT2D eigenvalue weighted by Gasteiger charge is 2.32. The van der Waals surface area contributed by atoms with Crippen LogP contribution in [0.5, 0.6) is 23.0 Å². The Bertz CT molecular complexity index is 1900. The van der Waals surface area contributed by atoms with Crippen molar-refractivity contribution in [3.63, 3.8) is 0 Å². The highest BCUT2D eigenvalue weighted by molar-refractivity contribution is 5.95. The van der Waals surface area contributed by atoms with Gasteiger partial charge < -0.3 is 31.4 Å². The third-order valence-electron chi connectivity index (χ3n) is 8.49. The SMILES string of the molecule is COc1ccc2c(Cc3ccc(C(C)C)cc3)c3[n+](cc2c1OCc1cc(F)c(F)c(F)c1)CCc1cc2c(cc1-3)OCO2.[Cl-]. The van der Waals surface area contributed by atoms with Crippen molar-refractivity contribution in [2.24, 2.45) is 0 Å². The molecule has 0 saturated heterocycles. The molecule has 0 atom stereocenters. The molecule has 45 heavy (non-hydrogen) atoms. The van der Waals surface area contributed by atoms with Crippen LogP contribution < -0.4 is 35.9 Å². The second-order valence-corrected chi connectivity index (χ2v) is 11.6. The molecule has 5 aromatic rings. The van der Waals surface area contributed by atoms with Crippen molar-refractivity contribution < 1.29 is 49.1 Å². The fourth-order valence-corrected chi connectivity index (χ4v) is 6.20. The molecule has 2 aliphatic heterocycles. The lowest BCUT2D eigenvalue weighted by Crippen LogP contribution is -3.00. The van der Waals surface area contributed by atoms with E-state index in [1.165, 1.54) is 11.1 Å². The molecular weight excluding hydrogens is 603 g/mol. The van der Waals surface area contributed by atoms with E-state index in [4.69, 9.17) is 18.9 Å². The molecule has 232 valence electrons. The summed E-state index contributed by atoms with van der Waals surface area (Å²) in [5.74, 6) is -1.19. The fraction of sp³-hybridized carbons (Fsp3) is 0.250. The summed E-state index contributed by atoms with van der Waals surface area (Å²) in [6, 6.07) is 18.6. The van der Waals surface area contributed by atoms with E-state index in [0.717, 1.165) is 69.8 Å². The van der Waals surface area contributed by atoms with Crippen LogP contribution in [0.2, 0.25) is 0 Å². The van der Waals surface area contributed by atoms with Crippen molar-refractivity contribution in [3.8, 4) is 34.3 Å². The maximum Gasteiger partial charge on any atom is 0.231 e. The van der Waals surface area contributed by atoms with Crippen LogP contribution in [0.15, 0.2) is 66.9 Å². The third kappa shape index (κ3) is 5.52. The zero-order chi connectivity index (χ0) is 30.5. The first-order valence-corrected chi connectivity index (χ1v) is 14.6.